The molecular weight excluding hydrogens is 456 g/mol. The summed E-state index contributed by atoms with van der Waals surface area (Å²) in [5.41, 5.74) is 1.31. The normalized spacial score (nSPS) is 11.0. The first-order valence-corrected chi connectivity index (χ1v) is 10.8. The maximum Gasteiger partial charge on any atom is 0.359 e. The van der Waals surface area contributed by atoms with Crippen LogP contribution in [0.2, 0.25) is 5.02 Å². The Morgan fingerprint density at radius 1 is 0.912 bits per heavy atom. The van der Waals surface area contributed by atoms with Gasteiger partial charge in [0.05, 0.1) is 11.9 Å². The monoisotopic (exact) mass is 472 g/mol. The second-order valence-electron chi connectivity index (χ2n) is 7.43. The van der Waals surface area contributed by atoms with E-state index < -0.39 is 5.97 Å². The lowest BCUT2D eigenvalue weighted by Crippen LogP contribution is -2.27. The molecule has 0 saturated heterocycles. The van der Waals surface area contributed by atoms with Crippen LogP contribution in [0.4, 0.5) is 0 Å². The van der Waals surface area contributed by atoms with Gasteiger partial charge in [0, 0.05) is 16.0 Å². The van der Waals surface area contributed by atoms with E-state index in [-0.39, 0.29) is 36.2 Å². The van der Waals surface area contributed by atoms with Crippen molar-refractivity contribution >= 4 is 28.3 Å². The number of nitrogens with zero attached hydrogens (tertiary/aromatic N) is 4. The Kier molecular flexibility index (Phi) is 5.88. The van der Waals surface area contributed by atoms with Gasteiger partial charge in [-0.15, -0.1) is 10.2 Å². The first-order valence-electron chi connectivity index (χ1n) is 10.4. The summed E-state index contributed by atoms with van der Waals surface area (Å²) in [6, 6.07) is 23.1. The molecule has 0 aliphatic carbocycles. The van der Waals surface area contributed by atoms with Gasteiger partial charge in [0.2, 0.25) is 5.89 Å². The van der Waals surface area contributed by atoms with E-state index in [0.29, 0.717) is 21.4 Å². The number of ether oxygens (including phenoxy) is 1. The van der Waals surface area contributed by atoms with E-state index in [4.69, 9.17) is 20.8 Å². The van der Waals surface area contributed by atoms with E-state index in [0.717, 1.165) is 5.56 Å². The summed E-state index contributed by atoms with van der Waals surface area (Å²) in [7, 11) is 0. The zero-order valence-electron chi connectivity index (χ0n) is 17.7. The summed E-state index contributed by atoms with van der Waals surface area (Å²) in [5, 5.41) is 13.6. The molecular formula is C25H17ClN4O4. The molecule has 8 nitrogen and oxygen atoms in total. The number of fused-ring (bicyclic) bond motifs is 1. The number of benzene rings is 3. The minimum Gasteiger partial charge on any atom is -0.451 e. The number of aromatic nitrogens is 4. The Labute approximate surface area is 198 Å². The molecule has 5 rings (SSSR count). The van der Waals surface area contributed by atoms with Crippen LogP contribution in [-0.2, 0) is 17.9 Å². The number of carbonyl (C=O) groups excluding carboxylic acids is 1. The van der Waals surface area contributed by atoms with E-state index in [1.54, 1.807) is 48.5 Å². The summed E-state index contributed by atoms with van der Waals surface area (Å²) < 4.78 is 12.3. The van der Waals surface area contributed by atoms with Crippen LogP contribution < -0.4 is 5.56 Å². The minimum absolute atomic E-state index is 0.0311. The highest BCUT2D eigenvalue weighted by molar-refractivity contribution is 6.30. The molecule has 0 unspecified atom stereocenters. The van der Waals surface area contributed by atoms with Gasteiger partial charge in [-0.05, 0) is 35.9 Å². The molecule has 0 radical (unpaired) electrons. The van der Waals surface area contributed by atoms with Crippen molar-refractivity contribution in [1.29, 1.82) is 0 Å². The molecule has 34 heavy (non-hydrogen) atoms. The maximum atomic E-state index is 13.0. The van der Waals surface area contributed by atoms with Crippen molar-refractivity contribution in [2.45, 2.75) is 13.2 Å². The third kappa shape index (κ3) is 4.44. The molecule has 0 amide bonds. The molecule has 0 aliphatic rings. The van der Waals surface area contributed by atoms with Crippen molar-refractivity contribution in [2.24, 2.45) is 0 Å². The fourth-order valence-electron chi connectivity index (χ4n) is 3.47. The van der Waals surface area contributed by atoms with Gasteiger partial charge >= 0.3 is 5.97 Å². The fraction of sp³-hybridized carbons (Fsp3) is 0.0800. The van der Waals surface area contributed by atoms with E-state index in [1.165, 1.54) is 4.68 Å². The second-order valence-corrected chi connectivity index (χ2v) is 7.86. The molecule has 3 aromatic carbocycles. The number of hydrogen-bond donors (Lipinski definition) is 0. The quantitative estimate of drug-likeness (QED) is 0.335. The largest absolute Gasteiger partial charge is 0.451 e. The smallest absolute Gasteiger partial charge is 0.359 e. The highest BCUT2D eigenvalue weighted by Crippen LogP contribution is 2.21. The van der Waals surface area contributed by atoms with Crippen molar-refractivity contribution in [3.8, 4) is 11.5 Å². The van der Waals surface area contributed by atoms with Crippen LogP contribution in [-0.4, -0.2) is 25.9 Å². The van der Waals surface area contributed by atoms with Gasteiger partial charge in [0.1, 0.15) is 0 Å². The van der Waals surface area contributed by atoms with Crippen molar-refractivity contribution in [1.82, 2.24) is 20.0 Å². The van der Waals surface area contributed by atoms with Gasteiger partial charge < -0.3 is 9.15 Å². The number of carbonyl (C=O) groups is 1. The van der Waals surface area contributed by atoms with Crippen LogP contribution in [0.15, 0.2) is 88.1 Å². The SMILES string of the molecule is O=C(OCc1nnc(-c2ccc(Cl)cc2)o1)c1nn(Cc2ccccc2)c(=O)c2ccccc12. The molecule has 2 heterocycles. The number of esters is 1. The molecule has 0 bridgehead atoms. The predicted molar refractivity (Wildman–Crippen MR) is 125 cm³/mol. The minimum atomic E-state index is -0.704. The summed E-state index contributed by atoms with van der Waals surface area (Å²) in [6.45, 7) is -0.0217. The Morgan fingerprint density at radius 2 is 1.62 bits per heavy atom. The topological polar surface area (TPSA) is 100 Å². The van der Waals surface area contributed by atoms with E-state index in [1.807, 2.05) is 30.3 Å². The van der Waals surface area contributed by atoms with Gasteiger partial charge in [0.25, 0.3) is 11.4 Å². The van der Waals surface area contributed by atoms with Crippen molar-refractivity contribution in [2.75, 3.05) is 0 Å². The summed E-state index contributed by atoms with van der Waals surface area (Å²) in [6.07, 6.45) is 0. The van der Waals surface area contributed by atoms with Gasteiger partial charge in [-0.1, -0.05) is 60.1 Å². The number of hydrogen-bond acceptors (Lipinski definition) is 7. The van der Waals surface area contributed by atoms with Crippen LogP contribution in [0.25, 0.3) is 22.2 Å². The Morgan fingerprint density at radius 3 is 2.38 bits per heavy atom. The third-order valence-electron chi connectivity index (χ3n) is 5.12. The van der Waals surface area contributed by atoms with E-state index in [2.05, 4.69) is 15.3 Å². The molecule has 0 spiro atoms. The van der Waals surface area contributed by atoms with Crippen LogP contribution >= 0.6 is 11.6 Å². The number of halogens is 1. The third-order valence-corrected chi connectivity index (χ3v) is 5.37. The van der Waals surface area contributed by atoms with Gasteiger partial charge in [-0.2, -0.15) is 5.10 Å². The molecule has 9 heteroatoms. The number of rotatable bonds is 6. The van der Waals surface area contributed by atoms with Gasteiger partial charge in [-0.3, -0.25) is 4.79 Å². The van der Waals surface area contributed by atoms with Crippen molar-refractivity contribution < 1.29 is 13.9 Å². The van der Waals surface area contributed by atoms with E-state index >= 15 is 0 Å². The first-order chi connectivity index (χ1) is 16.6. The van der Waals surface area contributed by atoms with Gasteiger partial charge in [0.15, 0.2) is 12.3 Å². The van der Waals surface area contributed by atoms with E-state index in [9.17, 15) is 9.59 Å². The zero-order chi connectivity index (χ0) is 23.5. The average Bonchev–Trinajstić information content (AvgIpc) is 3.34. The molecule has 0 fully saturated rings. The van der Waals surface area contributed by atoms with Crippen molar-refractivity contribution in [3.63, 3.8) is 0 Å². The second kappa shape index (κ2) is 9.29. The fourth-order valence-corrected chi connectivity index (χ4v) is 3.59. The molecule has 168 valence electrons. The standard InChI is InChI=1S/C25H17ClN4O4/c26-18-12-10-17(11-13-18)23-28-27-21(34-23)15-33-25(32)22-19-8-4-5-9-20(19)24(31)30(29-22)14-16-6-2-1-3-7-16/h1-13H,14-15H2. The first kappa shape index (κ1) is 21.5. The summed E-state index contributed by atoms with van der Waals surface area (Å²) >= 11 is 5.90. The van der Waals surface area contributed by atoms with Gasteiger partial charge in [-0.25, -0.2) is 9.48 Å². The summed E-state index contributed by atoms with van der Waals surface area (Å²) in [5.74, 6) is -0.299. The maximum absolute atomic E-state index is 13.0. The van der Waals surface area contributed by atoms with Crippen molar-refractivity contribution in [3.05, 3.63) is 111 Å². The van der Waals surface area contributed by atoms with Crippen LogP contribution in [0.1, 0.15) is 21.9 Å². The van der Waals surface area contributed by atoms with Crippen LogP contribution in [0.5, 0.6) is 0 Å². The molecule has 5 aromatic rings. The highest BCUT2D eigenvalue weighted by atomic mass is 35.5. The Balaban J connectivity index is 1.40. The molecule has 0 N–H and O–H groups in total. The van der Waals surface area contributed by atoms with Crippen LogP contribution in [0, 0.1) is 0 Å². The zero-order valence-corrected chi connectivity index (χ0v) is 18.5. The Bertz CT molecular complexity index is 1530. The average molecular weight is 473 g/mol. The lowest BCUT2D eigenvalue weighted by atomic mass is 10.1. The Hall–Kier alpha value is -4.30. The lowest BCUT2D eigenvalue weighted by molar-refractivity contribution is 0.0431. The molecule has 0 atom stereocenters. The molecule has 0 aliphatic heterocycles. The lowest BCUT2D eigenvalue weighted by Gasteiger charge is -2.10. The summed E-state index contributed by atoms with van der Waals surface area (Å²) in [4.78, 5) is 25.9. The highest BCUT2D eigenvalue weighted by Gasteiger charge is 2.19. The molecule has 0 saturated carbocycles. The predicted octanol–water partition coefficient (Wildman–Crippen LogP) is 4.51. The molecule has 2 aromatic heterocycles. The van der Waals surface area contributed by atoms with Crippen LogP contribution in [0.3, 0.4) is 0 Å².